The van der Waals surface area contributed by atoms with Crippen LogP contribution in [0.15, 0.2) is 54.6 Å². The normalized spacial score (nSPS) is 10.8. The van der Waals surface area contributed by atoms with E-state index < -0.39 is 0 Å². The molecular formula is C20H15N5O. The van der Waals surface area contributed by atoms with Crippen molar-refractivity contribution in [2.45, 2.75) is 6.92 Å². The van der Waals surface area contributed by atoms with Crippen molar-refractivity contribution in [1.29, 1.82) is 5.26 Å². The van der Waals surface area contributed by atoms with Gasteiger partial charge in [-0.3, -0.25) is 0 Å². The summed E-state index contributed by atoms with van der Waals surface area (Å²) in [4.78, 5) is 4.43. The van der Waals surface area contributed by atoms with Gasteiger partial charge in [0.05, 0.1) is 16.8 Å². The Morgan fingerprint density at radius 3 is 2.46 bits per heavy atom. The lowest BCUT2D eigenvalue weighted by atomic mass is 9.96. The molecule has 0 radical (unpaired) electrons. The van der Waals surface area contributed by atoms with E-state index in [2.05, 4.69) is 16.2 Å². The predicted molar refractivity (Wildman–Crippen MR) is 99.8 cm³/mol. The predicted octanol–water partition coefficient (Wildman–Crippen LogP) is 3.56. The fourth-order valence-electron chi connectivity index (χ4n) is 3.15. The molecule has 0 aliphatic heterocycles. The Hall–Kier alpha value is -3.85. The molecule has 0 saturated carbocycles. The topological polar surface area (TPSA) is 101 Å². The number of fused-ring (bicyclic) bond motifs is 1. The third-order valence-electron chi connectivity index (χ3n) is 4.30. The number of anilines is 1. The molecule has 0 unspecified atom stereocenters. The number of phenolic OH excluding ortho intramolecular Hbond substituents is 1. The molecule has 0 saturated heterocycles. The number of pyridine rings is 1. The molecule has 2 heterocycles. The van der Waals surface area contributed by atoms with Crippen LogP contribution in [0.25, 0.3) is 27.8 Å². The molecule has 126 valence electrons. The van der Waals surface area contributed by atoms with E-state index in [1.165, 1.54) is 0 Å². The van der Waals surface area contributed by atoms with E-state index >= 15 is 0 Å². The summed E-state index contributed by atoms with van der Waals surface area (Å²) in [5.41, 5.74) is 9.48. The zero-order chi connectivity index (χ0) is 18.3. The van der Waals surface area contributed by atoms with Gasteiger partial charge < -0.3 is 10.8 Å². The Morgan fingerprint density at radius 1 is 1.08 bits per heavy atom. The summed E-state index contributed by atoms with van der Waals surface area (Å²) in [7, 11) is 0. The number of nitriles is 1. The zero-order valence-electron chi connectivity index (χ0n) is 14.0. The maximum absolute atomic E-state index is 10.4. The molecular weight excluding hydrogens is 326 g/mol. The number of hydrogen-bond donors (Lipinski definition) is 2. The number of nitrogens with two attached hydrogens (primary N) is 1. The van der Waals surface area contributed by atoms with Gasteiger partial charge in [-0.1, -0.05) is 36.4 Å². The lowest BCUT2D eigenvalue weighted by Crippen LogP contribution is -2.02. The molecule has 0 aliphatic carbocycles. The van der Waals surface area contributed by atoms with E-state index in [1.54, 1.807) is 28.9 Å². The largest absolute Gasteiger partial charge is 0.507 e. The summed E-state index contributed by atoms with van der Waals surface area (Å²) in [5, 5.41) is 25.3. The minimum atomic E-state index is 0.0720. The lowest BCUT2D eigenvalue weighted by Gasteiger charge is -2.11. The standard InChI is InChI=1S/C20H15N5O/c1-12-17-18(14-9-5-6-10-16(14)26)15(11-21)19(22)23-20(17)25(24-12)13-7-3-2-4-8-13/h2-10,26H,1H3,(H2,22,23). The fourth-order valence-corrected chi connectivity index (χ4v) is 3.15. The molecule has 4 aromatic rings. The Balaban J connectivity index is 2.16. The van der Waals surface area contributed by atoms with Gasteiger partial charge in [0, 0.05) is 11.1 Å². The van der Waals surface area contributed by atoms with Gasteiger partial charge in [-0.2, -0.15) is 10.4 Å². The van der Waals surface area contributed by atoms with Gasteiger partial charge in [-0.05, 0) is 25.1 Å². The summed E-state index contributed by atoms with van der Waals surface area (Å²) < 4.78 is 1.70. The SMILES string of the molecule is Cc1nn(-c2ccccc2)c2nc(N)c(C#N)c(-c3ccccc3O)c12. The molecule has 0 atom stereocenters. The van der Waals surface area contributed by atoms with Gasteiger partial charge in [0.2, 0.25) is 0 Å². The second kappa shape index (κ2) is 5.90. The first kappa shape index (κ1) is 15.7. The molecule has 0 bridgehead atoms. The fraction of sp³-hybridized carbons (Fsp3) is 0.0500. The molecule has 2 aromatic carbocycles. The van der Waals surface area contributed by atoms with E-state index in [0.717, 1.165) is 5.69 Å². The first-order chi connectivity index (χ1) is 12.6. The molecule has 26 heavy (non-hydrogen) atoms. The zero-order valence-corrected chi connectivity index (χ0v) is 14.0. The first-order valence-electron chi connectivity index (χ1n) is 8.04. The number of hydrogen-bond acceptors (Lipinski definition) is 5. The number of aromatic nitrogens is 3. The summed E-state index contributed by atoms with van der Waals surface area (Å²) in [5.74, 6) is 0.179. The van der Waals surface area contributed by atoms with Gasteiger partial charge in [-0.25, -0.2) is 9.67 Å². The number of nitrogen functional groups attached to an aromatic ring is 1. The second-order valence-electron chi connectivity index (χ2n) is 5.91. The molecule has 0 amide bonds. The highest BCUT2D eigenvalue weighted by molar-refractivity contribution is 6.01. The van der Waals surface area contributed by atoms with Crippen LogP contribution in [-0.2, 0) is 0 Å². The molecule has 0 spiro atoms. The second-order valence-corrected chi connectivity index (χ2v) is 5.91. The highest BCUT2D eigenvalue weighted by atomic mass is 16.3. The van der Waals surface area contributed by atoms with E-state index in [9.17, 15) is 10.4 Å². The Morgan fingerprint density at radius 2 is 1.77 bits per heavy atom. The molecule has 0 aliphatic rings. The Bertz CT molecular complexity index is 1170. The third-order valence-corrected chi connectivity index (χ3v) is 4.30. The van der Waals surface area contributed by atoms with E-state index in [0.29, 0.717) is 27.9 Å². The van der Waals surface area contributed by atoms with Crippen LogP contribution in [0.4, 0.5) is 5.82 Å². The molecule has 6 nitrogen and oxygen atoms in total. The average Bonchev–Trinajstić information content (AvgIpc) is 2.98. The number of aromatic hydroxyl groups is 1. The Kier molecular flexibility index (Phi) is 3.55. The van der Waals surface area contributed by atoms with Crippen LogP contribution < -0.4 is 5.73 Å². The van der Waals surface area contributed by atoms with Crippen molar-refractivity contribution >= 4 is 16.9 Å². The summed E-state index contributed by atoms with van der Waals surface area (Å²) >= 11 is 0. The quantitative estimate of drug-likeness (QED) is 0.580. The number of nitrogens with zero attached hydrogens (tertiary/aromatic N) is 4. The maximum Gasteiger partial charge on any atom is 0.166 e. The monoisotopic (exact) mass is 341 g/mol. The van der Waals surface area contributed by atoms with Crippen molar-refractivity contribution in [3.8, 4) is 28.6 Å². The van der Waals surface area contributed by atoms with Crippen LogP contribution in [0.5, 0.6) is 5.75 Å². The van der Waals surface area contributed by atoms with Gasteiger partial charge in [-0.15, -0.1) is 0 Å². The minimum Gasteiger partial charge on any atom is -0.507 e. The van der Waals surface area contributed by atoms with Crippen LogP contribution in [0.2, 0.25) is 0 Å². The van der Waals surface area contributed by atoms with E-state index in [-0.39, 0.29) is 17.1 Å². The minimum absolute atomic E-state index is 0.0720. The number of phenols is 1. The molecule has 6 heteroatoms. The van der Waals surface area contributed by atoms with Crippen LogP contribution in [-0.4, -0.2) is 19.9 Å². The highest BCUT2D eigenvalue weighted by Crippen LogP contribution is 2.39. The molecule has 0 fully saturated rings. The number of aryl methyl sites for hydroxylation is 1. The van der Waals surface area contributed by atoms with Crippen LogP contribution >= 0.6 is 0 Å². The van der Waals surface area contributed by atoms with Crippen molar-refractivity contribution in [1.82, 2.24) is 14.8 Å². The summed E-state index contributed by atoms with van der Waals surface area (Å²) in [6.07, 6.45) is 0. The van der Waals surface area contributed by atoms with E-state index in [1.807, 2.05) is 37.3 Å². The van der Waals surface area contributed by atoms with Crippen molar-refractivity contribution in [2.24, 2.45) is 0 Å². The summed E-state index contributed by atoms with van der Waals surface area (Å²) in [6.45, 7) is 1.85. The number of benzene rings is 2. The Labute approximate surface area is 149 Å². The molecule has 2 aromatic heterocycles. The summed E-state index contributed by atoms with van der Waals surface area (Å²) in [6, 6.07) is 18.6. The maximum atomic E-state index is 10.4. The van der Waals surface area contributed by atoms with Gasteiger partial charge in [0.15, 0.2) is 5.65 Å². The van der Waals surface area contributed by atoms with Gasteiger partial charge in [0.1, 0.15) is 23.2 Å². The third kappa shape index (κ3) is 2.26. The van der Waals surface area contributed by atoms with Crippen molar-refractivity contribution in [2.75, 3.05) is 5.73 Å². The van der Waals surface area contributed by atoms with E-state index in [4.69, 9.17) is 5.73 Å². The number of para-hydroxylation sites is 2. The van der Waals surface area contributed by atoms with Crippen molar-refractivity contribution in [3.05, 3.63) is 65.9 Å². The molecule has 3 N–H and O–H groups in total. The molecule has 4 rings (SSSR count). The van der Waals surface area contributed by atoms with Crippen molar-refractivity contribution < 1.29 is 5.11 Å². The average molecular weight is 341 g/mol. The van der Waals surface area contributed by atoms with Crippen LogP contribution in [0.3, 0.4) is 0 Å². The van der Waals surface area contributed by atoms with Crippen LogP contribution in [0, 0.1) is 18.3 Å². The number of rotatable bonds is 2. The van der Waals surface area contributed by atoms with Gasteiger partial charge >= 0.3 is 0 Å². The highest BCUT2D eigenvalue weighted by Gasteiger charge is 2.23. The van der Waals surface area contributed by atoms with Crippen LogP contribution in [0.1, 0.15) is 11.3 Å². The lowest BCUT2D eigenvalue weighted by molar-refractivity contribution is 0.477. The van der Waals surface area contributed by atoms with Crippen molar-refractivity contribution in [3.63, 3.8) is 0 Å². The first-order valence-corrected chi connectivity index (χ1v) is 8.04. The van der Waals surface area contributed by atoms with Gasteiger partial charge in [0.25, 0.3) is 0 Å². The smallest absolute Gasteiger partial charge is 0.166 e.